The Kier molecular flexibility index (Phi) is 15.4. The maximum Gasteiger partial charge on any atom is 0.245 e. The van der Waals surface area contributed by atoms with E-state index in [0.717, 1.165) is 83.5 Å². The average molecular weight is 746 g/mol. The molecule has 5 aliphatic rings. The van der Waals surface area contributed by atoms with Gasteiger partial charge in [0, 0.05) is 13.6 Å². The molecule has 14 heteroatoms. The molecule has 0 spiro atoms. The second-order valence-corrected chi connectivity index (χ2v) is 16.7. The number of ether oxygens (including phenoxy) is 2. The van der Waals surface area contributed by atoms with Crippen LogP contribution in [0.3, 0.4) is 0 Å². The van der Waals surface area contributed by atoms with Gasteiger partial charge in [-0.05, 0) is 81.6 Å². The van der Waals surface area contributed by atoms with Gasteiger partial charge in [-0.1, -0.05) is 58.8 Å². The van der Waals surface area contributed by atoms with Crippen LogP contribution in [-0.4, -0.2) is 110 Å². The van der Waals surface area contributed by atoms with Crippen LogP contribution >= 0.6 is 0 Å². The number of nitrogens with zero attached hydrogens (tertiary/aromatic N) is 1. The number of fused-ring (bicyclic) bond motifs is 6. The predicted molar refractivity (Wildman–Crippen MR) is 200 cm³/mol. The lowest BCUT2D eigenvalue weighted by Crippen LogP contribution is -2.62. The molecule has 9 atom stereocenters. The van der Waals surface area contributed by atoms with Crippen LogP contribution in [0.2, 0.25) is 0 Å². The molecule has 0 radical (unpaired) electrons. The van der Waals surface area contributed by atoms with Crippen LogP contribution in [-0.2, 0) is 33.4 Å². The van der Waals surface area contributed by atoms with Gasteiger partial charge in [0.05, 0.1) is 37.4 Å². The fourth-order valence-electron chi connectivity index (χ4n) is 9.35. The smallest absolute Gasteiger partial charge is 0.245 e. The van der Waals surface area contributed by atoms with Crippen molar-refractivity contribution in [3.63, 3.8) is 0 Å². The van der Waals surface area contributed by atoms with Gasteiger partial charge in [-0.2, -0.15) is 0 Å². The summed E-state index contributed by atoms with van der Waals surface area (Å²) in [4.78, 5) is 72.1. The highest BCUT2D eigenvalue weighted by atomic mass is 16.5. The van der Waals surface area contributed by atoms with Crippen LogP contribution in [0, 0.1) is 29.6 Å². The van der Waals surface area contributed by atoms with Crippen molar-refractivity contribution in [1.29, 1.82) is 0 Å². The number of likely N-dealkylation sites (N-methyl/N-ethyl adjacent to an activating group) is 1. The Morgan fingerprint density at radius 3 is 2.11 bits per heavy atom. The molecule has 4 bridgehead atoms. The minimum atomic E-state index is -1.16. The molecular formula is C39H67N7O7. The van der Waals surface area contributed by atoms with E-state index in [4.69, 9.17) is 20.9 Å². The van der Waals surface area contributed by atoms with Gasteiger partial charge in [-0.25, -0.2) is 0 Å². The van der Waals surface area contributed by atoms with E-state index in [0.29, 0.717) is 31.2 Å². The number of nitrogens with one attached hydrogen (secondary N) is 4. The Morgan fingerprint density at radius 1 is 0.755 bits per heavy atom. The largest absolute Gasteiger partial charge is 0.376 e. The number of carbonyl (C=O) groups excluding carboxylic acids is 5. The molecule has 3 saturated carbocycles. The monoisotopic (exact) mass is 746 g/mol. The third-order valence-electron chi connectivity index (χ3n) is 12.9. The van der Waals surface area contributed by atoms with E-state index in [1.807, 2.05) is 13.8 Å². The minimum absolute atomic E-state index is 0.0499. The molecule has 0 aromatic heterocycles. The minimum Gasteiger partial charge on any atom is -0.376 e. The maximum atomic E-state index is 14.2. The zero-order valence-corrected chi connectivity index (χ0v) is 32.3. The van der Waals surface area contributed by atoms with Crippen molar-refractivity contribution in [1.82, 2.24) is 26.2 Å². The van der Waals surface area contributed by atoms with Gasteiger partial charge in [0.25, 0.3) is 0 Å². The van der Waals surface area contributed by atoms with E-state index >= 15 is 0 Å². The molecule has 53 heavy (non-hydrogen) atoms. The predicted octanol–water partition coefficient (Wildman–Crippen LogP) is 1.48. The van der Waals surface area contributed by atoms with E-state index in [1.54, 1.807) is 7.05 Å². The van der Waals surface area contributed by atoms with Crippen molar-refractivity contribution >= 4 is 29.5 Å². The summed E-state index contributed by atoms with van der Waals surface area (Å²) in [5.41, 5.74) is 11.9. The van der Waals surface area contributed by atoms with Crippen LogP contribution in [0.1, 0.15) is 110 Å². The van der Waals surface area contributed by atoms with E-state index in [9.17, 15) is 24.0 Å². The third-order valence-corrected chi connectivity index (χ3v) is 12.9. The van der Waals surface area contributed by atoms with Crippen molar-refractivity contribution < 1.29 is 33.4 Å². The molecule has 300 valence electrons. The third kappa shape index (κ3) is 10.7. The Balaban J connectivity index is 1.47. The molecule has 14 nitrogen and oxygen atoms in total. The SMILES string of the molecule is CCC[C@H]1C(=O)N[C@@H](C2CCCCCC2)C(=O)N[C@@H](CN)C(=O)N[C@@H](COC2CC(CN)C2)C(=O)N[C@H]2CO[C@H](CC3CCCC2C3)[C@@H](C)C(=O)N1C. The van der Waals surface area contributed by atoms with E-state index in [1.165, 1.54) is 4.90 Å². The van der Waals surface area contributed by atoms with E-state index in [2.05, 4.69) is 21.3 Å². The zero-order valence-electron chi connectivity index (χ0n) is 32.3. The maximum absolute atomic E-state index is 14.2. The first-order valence-corrected chi connectivity index (χ1v) is 20.6. The molecule has 3 aliphatic carbocycles. The Labute approximate surface area is 315 Å². The summed E-state index contributed by atoms with van der Waals surface area (Å²) in [5.74, 6) is -1.86. The topological polar surface area (TPSA) is 207 Å². The first kappa shape index (κ1) is 41.4. The van der Waals surface area contributed by atoms with Crippen molar-refractivity contribution in [3.05, 3.63) is 0 Å². The molecule has 5 rings (SSSR count). The zero-order chi connectivity index (χ0) is 38.1. The summed E-state index contributed by atoms with van der Waals surface area (Å²) in [6, 6.07) is -4.25. The fourth-order valence-corrected chi connectivity index (χ4v) is 9.35. The first-order valence-electron chi connectivity index (χ1n) is 20.6. The standard InChI is InChI=1S/C39H67N7O7/c1-4-10-32-37(49)45-34(26-12-7-5-6-8-13-26)38(50)42-29(20-41)35(47)44-31(22-52-28-16-25(17-28)19-40)36(48)43-30-21-53-33(23(2)39(51)46(32)3)18-24-11-9-14-27(30)15-24/h23-34H,4-22,40-41H2,1-3H3,(H,42,50)(H,43,48)(H,44,47)(H,45,49)/t23-,24?,25?,27?,28?,29+,30+,31+,32+,33-,34+/m1/s1. The number of nitrogens with two attached hydrogens (primary N) is 2. The molecule has 0 aromatic rings. The van der Waals surface area contributed by atoms with Gasteiger partial charge in [-0.15, -0.1) is 0 Å². The lowest BCUT2D eigenvalue weighted by Gasteiger charge is -2.41. The highest BCUT2D eigenvalue weighted by Crippen LogP contribution is 2.38. The normalized spacial score (nSPS) is 37.3. The molecule has 2 aliphatic heterocycles. The quantitative estimate of drug-likeness (QED) is 0.199. The number of amides is 5. The summed E-state index contributed by atoms with van der Waals surface area (Å²) in [6.45, 7) is 4.37. The van der Waals surface area contributed by atoms with Crippen LogP contribution in [0.15, 0.2) is 0 Å². The molecule has 0 aromatic carbocycles. The molecular weight excluding hydrogens is 678 g/mol. The number of carbonyl (C=O) groups is 5. The fraction of sp³-hybridized carbons (Fsp3) is 0.872. The van der Waals surface area contributed by atoms with Gasteiger partial charge in [0.1, 0.15) is 24.2 Å². The lowest BCUT2D eigenvalue weighted by molar-refractivity contribution is -0.148. The molecule has 2 unspecified atom stereocenters. The molecule has 8 N–H and O–H groups in total. The van der Waals surface area contributed by atoms with E-state index in [-0.39, 0.29) is 55.6 Å². The van der Waals surface area contributed by atoms with Gasteiger partial charge in [0.15, 0.2) is 0 Å². The molecule has 2 saturated heterocycles. The summed E-state index contributed by atoms with van der Waals surface area (Å²) in [5, 5.41) is 11.9. The van der Waals surface area contributed by atoms with Crippen LogP contribution in [0.5, 0.6) is 0 Å². The average Bonchev–Trinajstić information content (AvgIpc) is 3.42. The van der Waals surface area contributed by atoms with Crippen molar-refractivity contribution in [2.24, 2.45) is 41.1 Å². The second-order valence-electron chi connectivity index (χ2n) is 16.7. The van der Waals surface area contributed by atoms with Gasteiger partial charge in [-0.3, -0.25) is 24.0 Å². The number of hydrogen-bond acceptors (Lipinski definition) is 9. The Bertz CT molecular complexity index is 1260. The highest BCUT2D eigenvalue weighted by Gasteiger charge is 2.42. The molecule has 5 amide bonds. The first-order chi connectivity index (χ1) is 25.5. The summed E-state index contributed by atoms with van der Waals surface area (Å²) in [7, 11) is 1.67. The molecule has 2 heterocycles. The van der Waals surface area contributed by atoms with Crippen molar-refractivity contribution in [3.8, 4) is 0 Å². The Morgan fingerprint density at radius 2 is 1.43 bits per heavy atom. The van der Waals surface area contributed by atoms with Crippen molar-refractivity contribution in [2.75, 3.05) is 33.4 Å². The van der Waals surface area contributed by atoms with Gasteiger partial charge >= 0.3 is 0 Å². The Hall–Kier alpha value is -2.81. The van der Waals surface area contributed by atoms with Crippen LogP contribution in [0.4, 0.5) is 0 Å². The van der Waals surface area contributed by atoms with Crippen molar-refractivity contribution in [2.45, 2.75) is 153 Å². The van der Waals surface area contributed by atoms with Crippen LogP contribution < -0.4 is 32.7 Å². The van der Waals surface area contributed by atoms with Crippen LogP contribution in [0.25, 0.3) is 0 Å². The van der Waals surface area contributed by atoms with Gasteiger partial charge in [0.2, 0.25) is 29.5 Å². The number of rotatable bonds is 8. The number of hydrogen-bond donors (Lipinski definition) is 6. The lowest BCUT2D eigenvalue weighted by atomic mass is 9.74. The second kappa shape index (κ2) is 19.7. The highest BCUT2D eigenvalue weighted by molar-refractivity contribution is 5.96. The van der Waals surface area contributed by atoms with Gasteiger partial charge < -0.3 is 47.1 Å². The van der Waals surface area contributed by atoms with E-state index < -0.39 is 53.9 Å². The molecule has 5 fully saturated rings. The summed E-state index contributed by atoms with van der Waals surface area (Å²) in [6.07, 6.45) is 12.3. The summed E-state index contributed by atoms with van der Waals surface area (Å²) >= 11 is 0. The summed E-state index contributed by atoms with van der Waals surface area (Å²) < 4.78 is 12.7.